The maximum atomic E-state index is 10.8. The van der Waals surface area contributed by atoms with Gasteiger partial charge in [0.05, 0.1) is 11.0 Å². The summed E-state index contributed by atoms with van der Waals surface area (Å²) in [6.07, 6.45) is 2.35. The van der Waals surface area contributed by atoms with Crippen molar-refractivity contribution in [1.82, 2.24) is 4.98 Å². The summed E-state index contributed by atoms with van der Waals surface area (Å²) in [5.41, 5.74) is 1.98. The van der Waals surface area contributed by atoms with Gasteiger partial charge in [0, 0.05) is 15.3 Å². The third-order valence-electron chi connectivity index (χ3n) is 3.43. The van der Waals surface area contributed by atoms with Crippen LogP contribution in [0.25, 0.3) is 0 Å². The monoisotopic (exact) mass is 305 g/mol. The number of aryl methyl sites for hydroxylation is 3. The zero-order chi connectivity index (χ0) is 15.6. The normalized spacial score (nSPS) is 12.2. The van der Waals surface area contributed by atoms with E-state index < -0.39 is 4.92 Å². The van der Waals surface area contributed by atoms with Crippen molar-refractivity contribution in [2.24, 2.45) is 0 Å². The molecule has 0 aliphatic rings. The molecule has 0 fully saturated rings. The highest BCUT2D eigenvalue weighted by atomic mass is 32.1. The Morgan fingerprint density at radius 1 is 1.38 bits per heavy atom. The summed E-state index contributed by atoms with van der Waals surface area (Å²) >= 11 is 1.80. The van der Waals surface area contributed by atoms with E-state index in [0.29, 0.717) is 11.4 Å². The van der Waals surface area contributed by atoms with Crippen LogP contribution >= 0.6 is 11.3 Å². The fourth-order valence-electron chi connectivity index (χ4n) is 2.22. The number of hydrogen-bond acceptors (Lipinski definition) is 5. The summed E-state index contributed by atoms with van der Waals surface area (Å²) in [4.78, 5) is 17.2. The Morgan fingerprint density at radius 2 is 2.10 bits per heavy atom. The fourth-order valence-corrected chi connectivity index (χ4v) is 3.34. The van der Waals surface area contributed by atoms with Crippen LogP contribution in [0.15, 0.2) is 18.3 Å². The first-order valence-corrected chi connectivity index (χ1v) is 7.70. The van der Waals surface area contributed by atoms with Crippen LogP contribution in [0, 0.1) is 24.0 Å². The van der Waals surface area contributed by atoms with Crippen molar-refractivity contribution in [3.8, 4) is 0 Å². The first-order chi connectivity index (χ1) is 9.92. The standard InChI is InChI=1S/C15H19N3O2S/c1-5-13-10(3)6-14(21-13)11(4)17-15-7-9(2)12(8-16-15)18(19)20/h6-8,11H,5H2,1-4H3,(H,16,17). The Kier molecular flexibility index (Phi) is 4.57. The molecule has 0 radical (unpaired) electrons. The van der Waals surface area contributed by atoms with E-state index in [1.165, 1.54) is 21.5 Å². The number of thiophene rings is 1. The van der Waals surface area contributed by atoms with E-state index in [1.807, 2.05) is 0 Å². The van der Waals surface area contributed by atoms with Crippen LogP contribution in [-0.2, 0) is 6.42 Å². The van der Waals surface area contributed by atoms with Gasteiger partial charge in [-0.25, -0.2) is 4.98 Å². The van der Waals surface area contributed by atoms with Crippen molar-refractivity contribution in [2.75, 3.05) is 5.32 Å². The molecule has 0 amide bonds. The summed E-state index contributed by atoms with van der Waals surface area (Å²) in [6, 6.07) is 4.04. The Bertz CT molecular complexity index is 667. The largest absolute Gasteiger partial charge is 0.363 e. The molecule has 0 saturated carbocycles. The van der Waals surface area contributed by atoms with E-state index in [2.05, 4.69) is 37.1 Å². The van der Waals surface area contributed by atoms with Crippen LogP contribution in [-0.4, -0.2) is 9.91 Å². The first-order valence-electron chi connectivity index (χ1n) is 6.89. The van der Waals surface area contributed by atoms with E-state index in [4.69, 9.17) is 0 Å². The van der Waals surface area contributed by atoms with Crippen LogP contribution in [0.2, 0.25) is 0 Å². The zero-order valence-corrected chi connectivity index (χ0v) is 13.5. The van der Waals surface area contributed by atoms with Gasteiger partial charge in [-0.1, -0.05) is 6.92 Å². The third kappa shape index (κ3) is 3.39. The van der Waals surface area contributed by atoms with E-state index in [-0.39, 0.29) is 11.7 Å². The quantitative estimate of drug-likeness (QED) is 0.656. The van der Waals surface area contributed by atoms with Crippen molar-refractivity contribution in [3.63, 3.8) is 0 Å². The highest BCUT2D eigenvalue weighted by Gasteiger charge is 2.14. The number of nitro groups is 1. The summed E-state index contributed by atoms with van der Waals surface area (Å²) in [5.74, 6) is 0.662. The molecule has 0 bridgehead atoms. The van der Waals surface area contributed by atoms with Crippen molar-refractivity contribution in [1.29, 1.82) is 0 Å². The van der Waals surface area contributed by atoms with Gasteiger partial charge < -0.3 is 5.32 Å². The summed E-state index contributed by atoms with van der Waals surface area (Å²) in [7, 11) is 0. The minimum Gasteiger partial charge on any atom is -0.363 e. The van der Waals surface area contributed by atoms with E-state index in [9.17, 15) is 10.1 Å². The molecule has 2 rings (SSSR count). The van der Waals surface area contributed by atoms with Crippen LogP contribution < -0.4 is 5.32 Å². The first kappa shape index (κ1) is 15.4. The smallest absolute Gasteiger partial charge is 0.290 e. The molecular weight excluding hydrogens is 286 g/mol. The summed E-state index contributed by atoms with van der Waals surface area (Å²) < 4.78 is 0. The molecule has 0 aliphatic carbocycles. The van der Waals surface area contributed by atoms with Crippen molar-refractivity contribution >= 4 is 22.8 Å². The molecule has 0 aromatic carbocycles. The SMILES string of the molecule is CCc1sc(C(C)Nc2cc(C)c([N+](=O)[O-])cn2)cc1C. The van der Waals surface area contributed by atoms with Gasteiger partial charge in [-0.05, 0) is 44.9 Å². The Morgan fingerprint density at radius 3 is 2.62 bits per heavy atom. The van der Waals surface area contributed by atoms with Crippen LogP contribution in [0.3, 0.4) is 0 Å². The molecule has 6 heteroatoms. The van der Waals surface area contributed by atoms with Gasteiger partial charge in [0.2, 0.25) is 0 Å². The molecule has 112 valence electrons. The second-order valence-corrected chi connectivity index (χ2v) is 6.26. The predicted octanol–water partition coefficient (Wildman–Crippen LogP) is 4.40. The second-order valence-electron chi connectivity index (χ2n) is 5.09. The number of aromatic nitrogens is 1. The molecule has 0 saturated heterocycles. The minimum atomic E-state index is -0.411. The molecule has 2 aromatic heterocycles. The lowest BCUT2D eigenvalue weighted by atomic mass is 10.2. The maximum absolute atomic E-state index is 10.8. The molecule has 21 heavy (non-hydrogen) atoms. The molecule has 1 unspecified atom stereocenters. The summed E-state index contributed by atoms with van der Waals surface area (Å²) in [6.45, 7) is 8.07. The number of rotatable bonds is 5. The lowest BCUT2D eigenvalue weighted by Crippen LogP contribution is -2.07. The van der Waals surface area contributed by atoms with Crippen LogP contribution in [0.4, 0.5) is 11.5 Å². The minimum absolute atomic E-state index is 0.0495. The molecular formula is C15H19N3O2S. The lowest BCUT2D eigenvalue weighted by molar-refractivity contribution is -0.385. The molecule has 1 atom stereocenters. The highest BCUT2D eigenvalue weighted by Crippen LogP contribution is 2.30. The Hall–Kier alpha value is -1.95. The number of pyridine rings is 1. The van der Waals surface area contributed by atoms with Crippen molar-refractivity contribution < 1.29 is 4.92 Å². The number of nitrogens with one attached hydrogen (secondary N) is 1. The van der Waals surface area contributed by atoms with Crippen LogP contribution in [0.5, 0.6) is 0 Å². The summed E-state index contributed by atoms with van der Waals surface area (Å²) in [5, 5.41) is 14.1. The predicted molar refractivity (Wildman–Crippen MR) is 86.1 cm³/mol. The second kappa shape index (κ2) is 6.22. The fraction of sp³-hybridized carbons (Fsp3) is 0.400. The van der Waals surface area contributed by atoms with Crippen molar-refractivity contribution in [3.05, 3.63) is 49.3 Å². The average Bonchev–Trinajstić information content (AvgIpc) is 2.79. The van der Waals surface area contributed by atoms with Gasteiger partial charge in [0.1, 0.15) is 12.0 Å². The van der Waals surface area contributed by atoms with E-state index in [0.717, 1.165) is 6.42 Å². The van der Waals surface area contributed by atoms with E-state index in [1.54, 1.807) is 24.3 Å². The third-order valence-corrected chi connectivity index (χ3v) is 5.00. The van der Waals surface area contributed by atoms with E-state index >= 15 is 0 Å². The molecule has 2 aromatic rings. The maximum Gasteiger partial charge on any atom is 0.290 e. The molecule has 2 heterocycles. The van der Waals surface area contributed by atoms with Gasteiger partial charge in [-0.3, -0.25) is 10.1 Å². The van der Waals surface area contributed by atoms with Gasteiger partial charge in [-0.2, -0.15) is 0 Å². The zero-order valence-electron chi connectivity index (χ0n) is 12.6. The van der Waals surface area contributed by atoms with Gasteiger partial charge in [0.15, 0.2) is 0 Å². The van der Waals surface area contributed by atoms with Crippen molar-refractivity contribution in [2.45, 2.75) is 40.2 Å². The topological polar surface area (TPSA) is 68.1 Å². The Balaban J connectivity index is 2.17. The van der Waals surface area contributed by atoms with Crippen LogP contribution in [0.1, 0.15) is 40.8 Å². The molecule has 0 spiro atoms. The number of nitrogens with zero attached hydrogens (tertiary/aromatic N) is 2. The van der Waals surface area contributed by atoms with Gasteiger partial charge in [0.25, 0.3) is 5.69 Å². The molecule has 1 N–H and O–H groups in total. The molecule has 5 nitrogen and oxygen atoms in total. The van der Waals surface area contributed by atoms with Gasteiger partial charge >= 0.3 is 0 Å². The molecule has 0 aliphatic heterocycles. The lowest BCUT2D eigenvalue weighted by Gasteiger charge is -2.13. The van der Waals surface area contributed by atoms with Gasteiger partial charge in [-0.15, -0.1) is 11.3 Å². The average molecular weight is 305 g/mol. The number of anilines is 1. The Labute approximate surface area is 128 Å². The number of hydrogen-bond donors (Lipinski definition) is 1. The highest BCUT2D eigenvalue weighted by molar-refractivity contribution is 7.12.